The van der Waals surface area contributed by atoms with Gasteiger partial charge in [0.15, 0.2) is 5.75 Å². The van der Waals surface area contributed by atoms with Crippen molar-refractivity contribution in [1.29, 1.82) is 0 Å². The molecule has 0 radical (unpaired) electrons. The third kappa shape index (κ3) is 9.03. The number of rotatable bonds is 9. The van der Waals surface area contributed by atoms with Gasteiger partial charge in [0.05, 0.1) is 43.9 Å². The van der Waals surface area contributed by atoms with Crippen LogP contribution in [0.15, 0.2) is 156 Å². The second kappa shape index (κ2) is 16.6. The highest BCUT2D eigenvalue weighted by molar-refractivity contribution is 7.86. The molecule has 0 amide bonds. The lowest BCUT2D eigenvalue weighted by atomic mass is 10.0. The van der Waals surface area contributed by atoms with Crippen LogP contribution in [0.4, 0.5) is 28.7 Å². The first-order valence-electron chi connectivity index (χ1n) is 18.2. The van der Waals surface area contributed by atoms with Crippen molar-refractivity contribution >= 4 is 88.2 Å². The number of nitrogens with zero attached hydrogens (tertiary/aromatic N) is 8. The molecular weight excluding hydrogens is 876 g/mol. The van der Waals surface area contributed by atoms with E-state index in [1.54, 1.807) is 91.9 Å². The lowest BCUT2D eigenvalue weighted by Gasteiger charge is -2.12. The number of aryl methyl sites for hydroxylation is 1. The summed E-state index contributed by atoms with van der Waals surface area (Å²) in [4.78, 5) is 34.8. The SMILES string of the molecule is Cc1nc2ccccc2c(=O)n1-c1ccc(-c2ccc(N=Nc3c(S(=O)(=O)O)cc4cc(S(=O)(=O)O)cc(N=c5nc(Cl)nc(NC(O)=Nc6ccccc6)[nH]5)c4c3O)cc2)cc1. The van der Waals surface area contributed by atoms with Crippen molar-refractivity contribution < 1.29 is 36.2 Å². The third-order valence-corrected chi connectivity index (χ3v) is 11.2. The van der Waals surface area contributed by atoms with Gasteiger partial charge in [0.1, 0.15) is 16.4 Å². The number of hydrogen-bond donors (Lipinski definition) is 6. The van der Waals surface area contributed by atoms with Gasteiger partial charge in [0.25, 0.3) is 31.8 Å². The highest BCUT2D eigenvalue weighted by Crippen LogP contribution is 2.46. The second-order valence-corrected chi connectivity index (χ2v) is 16.6. The Hall–Kier alpha value is -7.69. The van der Waals surface area contributed by atoms with Gasteiger partial charge < -0.3 is 10.2 Å². The van der Waals surface area contributed by atoms with E-state index in [4.69, 9.17) is 11.6 Å². The van der Waals surface area contributed by atoms with Gasteiger partial charge >= 0.3 is 0 Å². The highest BCUT2D eigenvalue weighted by atomic mass is 35.5. The van der Waals surface area contributed by atoms with Crippen LogP contribution in [0.3, 0.4) is 0 Å². The smallest absolute Gasteiger partial charge is 0.296 e. The molecule has 0 aliphatic rings. The van der Waals surface area contributed by atoms with Crippen molar-refractivity contribution in [3.05, 3.63) is 148 Å². The molecule has 2 aromatic heterocycles. The summed E-state index contributed by atoms with van der Waals surface area (Å²) >= 11 is 6.12. The van der Waals surface area contributed by atoms with E-state index in [0.29, 0.717) is 28.1 Å². The number of anilines is 1. The number of phenols is 1. The molecule has 0 unspecified atom stereocenters. The number of nitrogens with one attached hydrogen (secondary N) is 2. The van der Waals surface area contributed by atoms with Crippen LogP contribution < -0.4 is 16.5 Å². The van der Waals surface area contributed by atoms with Gasteiger partial charge in [0, 0.05) is 0 Å². The van der Waals surface area contributed by atoms with Crippen LogP contribution in [0.2, 0.25) is 5.28 Å². The second-order valence-electron chi connectivity index (χ2n) is 13.5. The van der Waals surface area contributed by atoms with Gasteiger partial charge in [-0.15, -0.1) is 5.11 Å². The predicted octanol–water partition coefficient (Wildman–Crippen LogP) is 7.79. The largest absolute Gasteiger partial charge is 0.505 e. The Morgan fingerprint density at radius 2 is 1.44 bits per heavy atom. The number of hydrogen-bond acceptors (Lipinski definition) is 13. The van der Waals surface area contributed by atoms with Crippen molar-refractivity contribution in [2.45, 2.75) is 16.7 Å². The average molecular weight is 905 g/mol. The maximum absolute atomic E-state index is 13.3. The van der Waals surface area contributed by atoms with Crippen molar-refractivity contribution in [3.63, 3.8) is 0 Å². The van der Waals surface area contributed by atoms with Crippen LogP contribution in [0.5, 0.6) is 5.75 Å². The van der Waals surface area contributed by atoms with Crippen LogP contribution in [0, 0.1) is 6.92 Å². The van der Waals surface area contributed by atoms with Crippen molar-refractivity contribution in [2.75, 3.05) is 5.32 Å². The first-order valence-corrected chi connectivity index (χ1v) is 21.5. The van der Waals surface area contributed by atoms with Gasteiger partial charge in [-0.3, -0.25) is 28.8 Å². The van der Waals surface area contributed by atoms with Gasteiger partial charge in [-0.25, -0.2) is 9.98 Å². The van der Waals surface area contributed by atoms with Gasteiger partial charge in [-0.05, 0) is 102 Å². The summed E-state index contributed by atoms with van der Waals surface area (Å²) in [7, 11) is -10.1. The summed E-state index contributed by atoms with van der Waals surface area (Å²) in [5.41, 5.74) is 1.58. The number of phenolic OH excluding ortho intramolecular Hbond substituents is 1. The highest BCUT2D eigenvalue weighted by Gasteiger charge is 2.26. The number of aromatic hydroxyl groups is 1. The van der Waals surface area contributed by atoms with Crippen LogP contribution in [0.1, 0.15) is 5.82 Å². The molecule has 22 heteroatoms. The van der Waals surface area contributed by atoms with Crippen molar-refractivity contribution in [1.82, 2.24) is 24.5 Å². The number of halogens is 1. The van der Waals surface area contributed by atoms with E-state index in [2.05, 4.69) is 45.5 Å². The van der Waals surface area contributed by atoms with Gasteiger partial charge in [-0.2, -0.15) is 36.9 Å². The lowest BCUT2D eigenvalue weighted by Crippen LogP contribution is -2.22. The monoisotopic (exact) mass is 904 g/mol. The molecule has 0 saturated heterocycles. The number of aliphatic hydroxyl groups is 1. The van der Waals surface area contributed by atoms with Crippen molar-refractivity contribution in [2.24, 2.45) is 20.2 Å². The van der Waals surface area contributed by atoms with Crippen LogP contribution in [-0.4, -0.2) is 66.7 Å². The minimum atomic E-state index is -5.17. The summed E-state index contributed by atoms with van der Waals surface area (Å²) < 4.78 is 71.7. The zero-order chi connectivity index (χ0) is 44.6. The molecule has 0 aliphatic carbocycles. The number of aromatic amines is 1. The van der Waals surface area contributed by atoms with Crippen molar-refractivity contribution in [3.8, 4) is 22.6 Å². The van der Waals surface area contributed by atoms with Crippen LogP contribution >= 0.6 is 11.6 Å². The molecule has 8 aromatic rings. The predicted molar refractivity (Wildman–Crippen MR) is 233 cm³/mol. The third-order valence-electron chi connectivity index (χ3n) is 9.29. The molecule has 0 aliphatic heterocycles. The summed E-state index contributed by atoms with van der Waals surface area (Å²) in [5, 5.41) is 32.0. The number of aliphatic hydroxyl groups excluding tert-OH is 1. The average Bonchev–Trinajstić information content (AvgIpc) is 3.23. The van der Waals surface area contributed by atoms with Crippen LogP contribution in [0.25, 0.3) is 38.5 Å². The number of para-hydroxylation sites is 2. The lowest BCUT2D eigenvalue weighted by molar-refractivity contribution is 0.472. The quantitative estimate of drug-likeness (QED) is 0.0349. The fourth-order valence-electron chi connectivity index (χ4n) is 6.50. The van der Waals surface area contributed by atoms with Gasteiger partial charge in [-0.1, -0.05) is 54.6 Å². The Morgan fingerprint density at radius 3 is 2.13 bits per heavy atom. The van der Waals surface area contributed by atoms with E-state index in [-0.39, 0.29) is 33.6 Å². The van der Waals surface area contributed by atoms with E-state index < -0.39 is 58.5 Å². The number of fused-ring (bicyclic) bond motifs is 2. The zero-order valence-corrected chi connectivity index (χ0v) is 34.5. The topological polar surface area (TPSA) is 287 Å². The normalized spacial score (nSPS) is 12.7. The number of aliphatic imine (C=N–C) groups is 1. The molecule has 2 heterocycles. The molecule has 0 saturated carbocycles. The Kier molecular flexibility index (Phi) is 11.1. The Labute approximate surface area is 360 Å². The molecule has 6 N–H and O–H groups in total. The maximum Gasteiger partial charge on any atom is 0.296 e. The number of benzene rings is 6. The number of H-pyrrole nitrogens is 1. The zero-order valence-electron chi connectivity index (χ0n) is 32.1. The molecular formula is C41H29ClN10O9S2. The molecule has 0 spiro atoms. The molecule has 19 nitrogen and oxygen atoms in total. The molecule has 316 valence electrons. The van der Waals surface area contributed by atoms with E-state index in [9.17, 15) is 40.9 Å². The number of aromatic nitrogens is 5. The van der Waals surface area contributed by atoms with Crippen LogP contribution in [-0.2, 0) is 20.2 Å². The summed E-state index contributed by atoms with van der Waals surface area (Å²) in [6.45, 7) is 1.75. The summed E-state index contributed by atoms with van der Waals surface area (Å²) in [6.07, 6.45) is 0. The van der Waals surface area contributed by atoms with E-state index >= 15 is 0 Å². The summed E-state index contributed by atoms with van der Waals surface area (Å²) in [6, 6.07) is 31.1. The Balaban J connectivity index is 1.15. The molecule has 0 atom stereocenters. The fourth-order valence-corrected chi connectivity index (χ4v) is 7.86. The number of azo groups is 1. The molecule has 63 heavy (non-hydrogen) atoms. The standard InChI is InChI=1S/C41H29ClN10O9S2/c1-22-43-31-10-6-5-9-30(31)37(54)52(22)28-17-13-24(14-18-28)23-11-15-27(16-12-23)50-51-35-33(63(59,60)61)20-25-19-29(62(56,57)58)21-32(34(25)36(35)53)45-39-46-38(42)47-40(48-39)49-41(55)44-26-7-3-2-4-8-26/h2-21,53H,1H3,(H,56,57,58)(H,59,60,61)(H3,44,45,46,47,48,49,55). The van der Waals surface area contributed by atoms with E-state index in [1.165, 1.54) is 4.57 Å². The number of amidine groups is 1. The first kappa shape index (κ1) is 42.0. The summed E-state index contributed by atoms with van der Waals surface area (Å²) in [5.74, 6) is -0.626. The Morgan fingerprint density at radius 1 is 0.778 bits per heavy atom. The molecule has 8 rings (SSSR count). The van der Waals surface area contributed by atoms with E-state index in [0.717, 1.165) is 29.3 Å². The fraction of sp³-hybridized carbons (Fsp3) is 0.0244. The molecule has 0 fully saturated rings. The first-order chi connectivity index (χ1) is 30.0. The molecule has 6 aromatic carbocycles. The minimum Gasteiger partial charge on any atom is -0.505 e. The Bertz CT molecular complexity index is 3550. The van der Waals surface area contributed by atoms with Gasteiger partial charge in [0.2, 0.25) is 16.9 Å². The maximum atomic E-state index is 13.3. The molecule has 0 bridgehead atoms. The minimum absolute atomic E-state index is 0.191. The van der Waals surface area contributed by atoms with E-state index in [1.807, 2.05) is 18.2 Å².